The van der Waals surface area contributed by atoms with Gasteiger partial charge in [-0.2, -0.15) is 0 Å². The number of aromatic nitrogens is 1. The molecule has 0 bridgehead atoms. The smallest absolute Gasteiger partial charge is 0.161 e. The summed E-state index contributed by atoms with van der Waals surface area (Å²) < 4.78 is 11.6. The van der Waals surface area contributed by atoms with Gasteiger partial charge in [0.05, 0.1) is 16.4 Å². The SMILES string of the molecule is c1ccc2c(c1)sc1cc3c4cccc5ccc6oc7c8ccccc8n(c3cc12)c7c6c54. The molecule has 3 heteroatoms. The zero-order chi connectivity index (χ0) is 21.3. The van der Waals surface area contributed by atoms with E-state index in [1.807, 2.05) is 11.3 Å². The molecule has 0 amide bonds. The van der Waals surface area contributed by atoms with E-state index in [0.29, 0.717) is 0 Å². The number of furan rings is 1. The number of para-hydroxylation sites is 1. The van der Waals surface area contributed by atoms with E-state index in [4.69, 9.17) is 4.42 Å². The topological polar surface area (TPSA) is 17.6 Å². The standard InChI is InChI=1S/C30H15NOS/c1-3-10-22-19(8-1)30-29-28-24(32-30)13-12-16-6-5-9-18(27(16)28)20-15-26-21(14-23(20)31(22)29)17-7-2-4-11-25(17)33-26/h1-15H. The summed E-state index contributed by atoms with van der Waals surface area (Å²) in [5.74, 6) is 0. The van der Waals surface area contributed by atoms with Gasteiger partial charge in [-0.25, -0.2) is 0 Å². The molecule has 0 aliphatic heterocycles. The maximum absolute atomic E-state index is 6.52. The van der Waals surface area contributed by atoms with Crippen LogP contribution >= 0.6 is 11.3 Å². The Bertz CT molecular complexity index is 2240. The van der Waals surface area contributed by atoms with Crippen molar-refractivity contribution in [2.45, 2.75) is 0 Å². The lowest BCUT2D eigenvalue weighted by atomic mass is 10.00. The van der Waals surface area contributed by atoms with E-state index in [2.05, 4.69) is 95.4 Å². The predicted octanol–water partition coefficient (Wildman–Crippen LogP) is 9.10. The Morgan fingerprint density at radius 2 is 1.42 bits per heavy atom. The summed E-state index contributed by atoms with van der Waals surface area (Å²) >= 11 is 1.88. The molecule has 0 spiro atoms. The molecule has 33 heavy (non-hydrogen) atoms. The second-order valence-corrected chi connectivity index (χ2v) is 10.0. The lowest BCUT2D eigenvalue weighted by Crippen LogP contribution is -1.84. The van der Waals surface area contributed by atoms with Crippen molar-refractivity contribution in [3.05, 3.63) is 91.0 Å². The van der Waals surface area contributed by atoms with E-state index < -0.39 is 0 Å². The van der Waals surface area contributed by atoms with E-state index in [9.17, 15) is 0 Å². The zero-order valence-electron chi connectivity index (χ0n) is 17.4. The summed E-state index contributed by atoms with van der Waals surface area (Å²) in [5, 5.41) is 10.1. The highest BCUT2D eigenvalue weighted by molar-refractivity contribution is 7.25. The van der Waals surface area contributed by atoms with Crippen molar-refractivity contribution in [1.29, 1.82) is 0 Å². The van der Waals surface area contributed by atoms with Gasteiger partial charge < -0.3 is 8.82 Å². The minimum absolute atomic E-state index is 0.958. The Morgan fingerprint density at radius 1 is 0.576 bits per heavy atom. The van der Waals surface area contributed by atoms with Crippen LogP contribution in [-0.4, -0.2) is 4.40 Å². The van der Waals surface area contributed by atoms with E-state index in [1.165, 1.54) is 63.7 Å². The largest absolute Gasteiger partial charge is 0.454 e. The third-order valence-corrected chi connectivity index (χ3v) is 8.44. The van der Waals surface area contributed by atoms with Crippen molar-refractivity contribution in [3.8, 4) is 0 Å². The van der Waals surface area contributed by atoms with Gasteiger partial charge >= 0.3 is 0 Å². The van der Waals surface area contributed by atoms with Crippen LogP contribution in [0.15, 0.2) is 95.4 Å². The highest BCUT2D eigenvalue weighted by Gasteiger charge is 2.22. The third-order valence-electron chi connectivity index (χ3n) is 7.31. The Balaban J connectivity index is 1.74. The van der Waals surface area contributed by atoms with Crippen LogP contribution in [0.2, 0.25) is 0 Å². The molecule has 0 aliphatic carbocycles. The minimum atomic E-state index is 0.958. The first-order chi connectivity index (χ1) is 16.4. The molecule has 0 fully saturated rings. The first-order valence-electron chi connectivity index (χ1n) is 11.2. The van der Waals surface area contributed by atoms with Gasteiger partial charge in [0.25, 0.3) is 0 Å². The van der Waals surface area contributed by atoms with Crippen LogP contribution < -0.4 is 0 Å². The van der Waals surface area contributed by atoms with E-state index in [-0.39, 0.29) is 0 Å². The van der Waals surface area contributed by atoms with E-state index in [1.54, 1.807) is 0 Å². The van der Waals surface area contributed by atoms with Crippen LogP contribution in [0.1, 0.15) is 0 Å². The van der Waals surface area contributed by atoms with Gasteiger partial charge in [0, 0.05) is 36.3 Å². The van der Waals surface area contributed by atoms with Gasteiger partial charge in [0.15, 0.2) is 5.58 Å². The maximum atomic E-state index is 6.52. The quantitative estimate of drug-likeness (QED) is 0.231. The summed E-state index contributed by atoms with van der Waals surface area (Å²) in [7, 11) is 0. The highest BCUT2D eigenvalue weighted by atomic mass is 32.1. The van der Waals surface area contributed by atoms with Gasteiger partial charge in [-0.1, -0.05) is 54.6 Å². The molecular formula is C30H15NOS. The van der Waals surface area contributed by atoms with Gasteiger partial charge in [-0.3, -0.25) is 0 Å². The summed E-state index contributed by atoms with van der Waals surface area (Å²) in [6.45, 7) is 0. The average Bonchev–Trinajstić information content (AvgIpc) is 3.48. The molecule has 0 saturated carbocycles. The first kappa shape index (κ1) is 16.5. The van der Waals surface area contributed by atoms with Crippen LogP contribution in [0.3, 0.4) is 0 Å². The van der Waals surface area contributed by atoms with Gasteiger partial charge in [-0.05, 0) is 47.2 Å². The fraction of sp³-hybridized carbons (Fsp3) is 0. The molecule has 5 aromatic carbocycles. The molecular weight excluding hydrogens is 422 g/mol. The molecule has 0 saturated heterocycles. The van der Waals surface area contributed by atoms with E-state index >= 15 is 0 Å². The van der Waals surface area contributed by atoms with Crippen molar-refractivity contribution < 1.29 is 4.42 Å². The zero-order valence-corrected chi connectivity index (χ0v) is 18.2. The second-order valence-electron chi connectivity index (χ2n) is 8.94. The minimum Gasteiger partial charge on any atom is -0.454 e. The van der Waals surface area contributed by atoms with Crippen molar-refractivity contribution in [2.75, 3.05) is 0 Å². The Morgan fingerprint density at radius 3 is 2.39 bits per heavy atom. The fourth-order valence-corrected chi connectivity index (χ4v) is 7.09. The molecule has 9 rings (SSSR count). The van der Waals surface area contributed by atoms with Crippen LogP contribution in [-0.2, 0) is 0 Å². The molecule has 4 heterocycles. The summed E-state index contributed by atoms with van der Waals surface area (Å²) in [6.07, 6.45) is 0. The van der Waals surface area contributed by atoms with Gasteiger partial charge in [-0.15, -0.1) is 11.3 Å². The Hall–Kier alpha value is -4.08. The second kappa shape index (κ2) is 5.45. The highest BCUT2D eigenvalue weighted by Crippen LogP contribution is 2.46. The number of fused-ring (bicyclic) bond motifs is 9. The number of nitrogens with zero attached hydrogens (tertiary/aromatic N) is 1. The molecule has 9 aromatic rings. The lowest BCUT2D eigenvalue weighted by Gasteiger charge is -2.04. The number of thiophene rings is 1. The molecule has 4 aromatic heterocycles. The molecule has 152 valence electrons. The number of hydrogen-bond donors (Lipinski definition) is 0. The summed E-state index contributed by atoms with van der Waals surface area (Å²) in [6, 6.07) is 33.2. The summed E-state index contributed by atoms with van der Waals surface area (Å²) in [4.78, 5) is 0. The monoisotopic (exact) mass is 437 g/mol. The van der Waals surface area contributed by atoms with Crippen molar-refractivity contribution in [3.63, 3.8) is 0 Å². The molecule has 0 radical (unpaired) electrons. The van der Waals surface area contributed by atoms with Crippen molar-refractivity contribution in [1.82, 2.24) is 4.40 Å². The molecule has 0 aliphatic rings. The fourth-order valence-electron chi connectivity index (χ4n) is 5.96. The van der Waals surface area contributed by atoms with Crippen LogP contribution in [0, 0.1) is 0 Å². The first-order valence-corrected chi connectivity index (χ1v) is 12.0. The summed E-state index contributed by atoms with van der Waals surface area (Å²) in [5.41, 5.74) is 5.54. The number of benzene rings is 5. The lowest BCUT2D eigenvalue weighted by molar-refractivity contribution is 0.673. The molecule has 0 unspecified atom stereocenters. The van der Waals surface area contributed by atoms with Crippen molar-refractivity contribution in [2.24, 2.45) is 0 Å². The van der Waals surface area contributed by atoms with Crippen LogP contribution in [0.5, 0.6) is 0 Å². The molecule has 0 N–H and O–H groups in total. The normalized spacial score (nSPS) is 12.8. The Labute approximate surface area is 191 Å². The van der Waals surface area contributed by atoms with Gasteiger partial charge in [0.2, 0.25) is 0 Å². The maximum Gasteiger partial charge on any atom is 0.161 e. The van der Waals surface area contributed by atoms with Gasteiger partial charge in [0.1, 0.15) is 11.1 Å². The van der Waals surface area contributed by atoms with E-state index in [0.717, 1.165) is 16.6 Å². The van der Waals surface area contributed by atoms with Crippen molar-refractivity contribution >= 4 is 91.5 Å². The molecule has 2 nitrogen and oxygen atoms in total. The Kier molecular flexibility index (Phi) is 2.73. The predicted molar refractivity (Wildman–Crippen MR) is 141 cm³/mol. The van der Waals surface area contributed by atoms with Crippen LogP contribution in [0.25, 0.3) is 80.2 Å². The number of rotatable bonds is 0. The molecule has 0 atom stereocenters. The third kappa shape index (κ3) is 1.84. The number of hydrogen-bond acceptors (Lipinski definition) is 2. The average molecular weight is 438 g/mol. The van der Waals surface area contributed by atoms with Crippen LogP contribution in [0.4, 0.5) is 0 Å².